The Bertz CT molecular complexity index is 404. The predicted octanol–water partition coefficient (Wildman–Crippen LogP) is 3.52. The van der Waals surface area contributed by atoms with Gasteiger partial charge < -0.3 is 4.90 Å². The molecule has 20 heavy (non-hydrogen) atoms. The van der Waals surface area contributed by atoms with Gasteiger partial charge in [0, 0.05) is 38.4 Å². The Kier molecular flexibility index (Phi) is 5.41. The fourth-order valence-electron chi connectivity index (χ4n) is 3.08. The van der Waals surface area contributed by atoms with Crippen molar-refractivity contribution in [3.63, 3.8) is 0 Å². The number of pyridine rings is 1. The van der Waals surface area contributed by atoms with E-state index in [1.807, 2.05) is 12.4 Å². The summed E-state index contributed by atoms with van der Waals surface area (Å²) in [6, 6.07) is 3.07. The highest BCUT2D eigenvalue weighted by atomic mass is 15.3. The summed E-state index contributed by atoms with van der Waals surface area (Å²) < 4.78 is 0. The van der Waals surface area contributed by atoms with Gasteiger partial charge in [-0.15, -0.1) is 0 Å². The smallest absolute Gasteiger partial charge is 0.0556 e. The van der Waals surface area contributed by atoms with E-state index < -0.39 is 0 Å². The molecule has 2 rings (SSSR count). The van der Waals surface area contributed by atoms with E-state index in [2.05, 4.69) is 48.5 Å². The molecular weight excluding hydrogens is 246 g/mol. The van der Waals surface area contributed by atoms with E-state index in [0.717, 1.165) is 19.1 Å². The molecule has 1 saturated heterocycles. The lowest BCUT2D eigenvalue weighted by molar-refractivity contribution is 0.175. The van der Waals surface area contributed by atoms with Crippen molar-refractivity contribution >= 4 is 5.69 Å². The van der Waals surface area contributed by atoms with Crippen LogP contribution in [0.25, 0.3) is 0 Å². The highest BCUT2D eigenvalue weighted by molar-refractivity contribution is 5.47. The third kappa shape index (κ3) is 3.51. The second kappa shape index (κ2) is 7.07. The SMILES string of the molecule is CCC(CC)N1CCN(c2cncc(C(C)C)c2)CC1. The topological polar surface area (TPSA) is 19.4 Å². The normalized spacial score (nSPS) is 17.2. The van der Waals surface area contributed by atoms with E-state index in [0.29, 0.717) is 5.92 Å². The minimum atomic E-state index is 0.549. The molecular formula is C17H29N3. The van der Waals surface area contributed by atoms with E-state index in [1.165, 1.54) is 37.2 Å². The van der Waals surface area contributed by atoms with Crippen LogP contribution in [0.3, 0.4) is 0 Å². The number of hydrogen-bond donors (Lipinski definition) is 0. The molecule has 0 unspecified atom stereocenters. The summed E-state index contributed by atoms with van der Waals surface area (Å²) in [6.45, 7) is 13.7. The van der Waals surface area contributed by atoms with E-state index >= 15 is 0 Å². The fraction of sp³-hybridized carbons (Fsp3) is 0.706. The quantitative estimate of drug-likeness (QED) is 0.819. The molecule has 3 nitrogen and oxygen atoms in total. The first-order valence-electron chi connectivity index (χ1n) is 8.09. The molecule has 0 bridgehead atoms. The van der Waals surface area contributed by atoms with E-state index in [4.69, 9.17) is 0 Å². The molecule has 1 aliphatic heterocycles. The van der Waals surface area contributed by atoms with Gasteiger partial charge in [-0.25, -0.2) is 0 Å². The van der Waals surface area contributed by atoms with Gasteiger partial charge in [0.15, 0.2) is 0 Å². The van der Waals surface area contributed by atoms with Crippen LogP contribution in [0.1, 0.15) is 52.0 Å². The van der Waals surface area contributed by atoms with Crippen molar-refractivity contribution in [1.29, 1.82) is 0 Å². The lowest BCUT2D eigenvalue weighted by atomic mass is 10.0. The van der Waals surface area contributed by atoms with Gasteiger partial charge in [0.1, 0.15) is 0 Å². The van der Waals surface area contributed by atoms with Crippen molar-refractivity contribution in [3.8, 4) is 0 Å². The third-order valence-corrected chi connectivity index (χ3v) is 4.55. The molecule has 0 amide bonds. The van der Waals surface area contributed by atoms with Crippen molar-refractivity contribution in [3.05, 3.63) is 24.0 Å². The maximum absolute atomic E-state index is 4.41. The second-order valence-electron chi connectivity index (χ2n) is 6.12. The minimum Gasteiger partial charge on any atom is -0.368 e. The Hall–Kier alpha value is -1.09. The molecule has 112 valence electrons. The fourth-order valence-corrected chi connectivity index (χ4v) is 3.08. The average molecular weight is 275 g/mol. The Labute approximate surface area is 124 Å². The molecule has 1 aromatic rings. The molecule has 0 atom stereocenters. The lowest BCUT2D eigenvalue weighted by Gasteiger charge is -2.39. The van der Waals surface area contributed by atoms with Crippen LogP contribution >= 0.6 is 0 Å². The van der Waals surface area contributed by atoms with Gasteiger partial charge in [-0.05, 0) is 30.4 Å². The van der Waals surface area contributed by atoms with Crippen LogP contribution in [0.2, 0.25) is 0 Å². The van der Waals surface area contributed by atoms with Crippen LogP contribution < -0.4 is 4.90 Å². The van der Waals surface area contributed by atoms with Gasteiger partial charge in [-0.1, -0.05) is 27.7 Å². The van der Waals surface area contributed by atoms with Crippen LogP contribution in [-0.2, 0) is 0 Å². The summed E-state index contributed by atoms with van der Waals surface area (Å²) >= 11 is 0. The third-order valence-electron chi connectivity index (χ3n) is 4.55. The molecule has 0 spiro atoms. The van der Waals surface area contributed by atoms with Gasteiger partial charge in [-0.3, -0.25) is 9.88 Å². The standard InChI is InChI=1S/C17H29N3/c1-5-16(6-2)19-7-9-20(10-8-19)17-11-15(14(3)4)12-18-13-17/h11-14,16H,5-10H2,1-4H3. The lowest BCUT2D eigenvalue weighted by Crippen LogP contribution is -2.50. The largest absolute Gasteiger partial charge is 0.368 e. The first-order valence-corrected chi connectivity index (χ1v) is 8.09. The van der Waals surface area contributed by atoms with Crippen molar-refractivity contribution in [2.24, 2.45) is 0 Å². The molecule has 1 aliphatic rings. The van der Waals surface area contributed by atoms with E-state index in [9.17, 15) is 0 Å². The van der Waals surface area contributed by atoms with E-state index in [-0.39, 0.29) is 0 Å². The molecule has 1 aromatic heterocycles. The number of rotatable bonds is 5. The summed E-state index contributed by atoms with van der Waals surface area (Å²) in [5, 5.41) is 0. The molecule has 1 fully saturated rings. The van der Waals surface area contributed by atoms with E-state index in [1.54, 1.807) is 0 Å². The molecule has 3 heteroatoms. The van der Waals surface area contributed by atoms with Gasteiger partial charge in [-0.2, -0.15) is 0 Å². The number of piperazine rings is 1. The Morgan fingerprint density at radius 2 is 1.70 bits per heavy atom. The zero-order valence-electron chi connectivity index (χ0n) is 13.5. The highest BCUT2D eigenvalue weighted by Gasteiger charge is 2.22. The Balaban J connectivity index is 1.98. The number of nitrogens with zero attached hydrogens (tertiary/aromatic N) is 3. The highest BCUT2D eigenvalue weighted by Crippen LogP contribution is 2.22. The van der Waals surface area contributed by atoms with Crippen LogP contribution in [0.15, 0.2) is 18.5 Å². The zero-order valence-corrected chi connectivity index (χ0v) is 13.5. The van der Waals surface area contributed by atoms with Crippen LogP contribution in [0, 0.1) is 0 Å². The molecule has 0 aliphatic carbocycles. The van der Waals surface area contributed by atoms with Gasteiger partial charge in [0.05, 0.1) is 11.9 Å². The number of anilines is 1. The maximum Gasteiger partial charge on any atom is 0.0556 e. The summed E-state index contributed by atoms with van der Waals surface area (Å²) in [5.74, 6) is 0.549. The predicted molar refractivity (Wildman–Crippen MR) is 86.5 cm³/mol. The molecule has 0 N–H and O–H groups in total. The van der Waals surface area contributed by atoms with Gasteiger partial charge in [0.25, 0.3) is 0 Å². The van der Waals surface area contributed by atoms with Crippen LogP contribution in [0.5, 0.6) is 0 Å². The van der Waals surface area contributed by atoms with Crippen molar-refractivity contribution in [1.82, 2.24) is 9.88 Å². The first-order chi connectivity index (χ1) is 9.65. The first kappa shape index (κ1) is 15.3. The summed E-state index contributed by atoms with van der Waals surface area (Å²) in [6.07, 6.45) is 6.54. The monoisotopic (exact) mass is 275 g/mol. The maximum atomic E-state index is 4.41. The van der Waals surface area contributed by atoms with Gasteiger partial charge in [0.2, 0.25) is 0 Å². The Morgan fingerprint density at radius 1 is 1.05 bits per heavy atom. The average Bonchev–Trinajstić information content (AvgIpc) is 2.49. The van der Waals surface area contributed by atoms with Gasteiger partial charge >= 0.3 is 0 Å². The summed E-state index contributed by atoms with van der Waals surface area (Å²) in [4.78, 5) is 9.55. The Morgan fingerprint density at radius 3 is 2.25 bits per heavy atom. The van der Waals surface area contributed by atoms with Crippen molar-refractivity contribution in [2.75, 3.05) is 31.1 Å². The second-order valence-corrected chi connectivity index (χ2v) is 6.12. The summed E-state index contributed by atoms with van der Waals surface area (Å²) in [5.41, 5.74) is 2.63. The van der Waals surface area contributed by atoms with Crippen molar-refractivity contribution in [2.45, 2.75) is 52.5 Å². The molecule has 2 heterocycles. The number of aromatic nitrogens is 1. The van der Waals surface area contributed by atoms with Crippen LogP contribution in [-0.4, -0.2) is 42.1 Å². The molecule has 0 saturated carbocycles. The molecule has 0 radical (unpaired) electrons. The molecule has 0 aromatic carbocycles. The van der Waals surface area contributed by atoms with Crippen molar-refractivity contribution < 1.29 is 0 Å². The zero-order chi connectivity index (χ0) is 14.5. The van der Waals surface area contributed by atoms with Crippen LogP contribution in [0.4, 0.5) is 5.69 Å². The minimum absolute atomic E-state index is 0.549. The summed E-state index contributed by atoms with van der Waals surface area (Å²) in [7, 11) is 0. The number of hydrogen-bond acceptors (Lipinski definition) is 3.